The summed E-state index contributed by atoms with van der Waals surface area (Å²) in [6, 6.07) is 24.9. The molecule has 0 bridgehead atoms. The quantitative estimate of drug-likeness (QED) is 0.460. The Balaban J connectivity index is 1.37. The van der Waals surface area contributed by atoms with Crippen molar-refractivity contribution >= 4 is 23.5 Å². The van der Waals surface area contributed by atoms with Crippen LogP contribution in [0.1, 0.15) is 6.92 Å². The van der Waals surface area contributed by atoms with Gasteiger partial charge in [-0.05, 0) is 55.5 Å². The molecule has 0 aliphatic rings. The molecule has 0 saturated carbocycles. The van der Waals surface area contributed by atoms with Crippen LogP contribution in [0.5, 0.6) is 17.2 Å². The predicted octanol–water partition coefficient (Wildman–Crippen LogP) is 3.54. The number of amides is 2. The molecule has 3 rings (SSSR count). The monoisotopic (exact) mass is 448 g/mol. The van der Waals surface area contributed by atoms with Crippen molar-refractivity contribution in [1.82, 2.24) is 5.32 Å². The van der Waals surface area contributed by atoms with Gasteiger partial charge < -0.3 is 24.8 Å². The van der Waals surface area contributed by atoms with Gasteiger partial charge in [0.2, 0.25) is 0 Å². The number of rotatable bonds is 10. The van der Waals surface area contributed by atoms with Gasteiger partial charge in [-0.25, -0.2) is 0 Å². The van der Waals surface area contributed by atoms with Crippen LogP contribution in [0.3, 0.4) is 0 Å². The van der Waals surface area contributed by atoms with E-state index in [0.717, 1.165) is 0 Å². The molecule has 0 spiro atoms. The van der Waals surface area contributed by atoms with Gasteiger partial charge in [-0.2, -0.15) is 0 Å². The number of ether oxygens (including phenoxy) is 3. The normalized spacial score (nSPS) is 11.1. The summed E-state index contributed by atoms with van der Waals surface area (Å²) in [6.45, 7) is 0.831. The zero-order valence-corrected chi connectivity index (χ0v) is 18.0. The molecule has 8 nitrogen and oxygen atoms in total. The average molecular weight is 448 g/mol. The van der Waals surface area contributed by atoms with Crippen molar-refractivity contribution in [3.8, 4) is 17.2 Å². The van der Waals surface area contributed by atoms with Crippen molar-refractivity contribution in [1.29, 1.82) is 0 Å². The minimum atomic E-state index is -1.05. The molecule has 33 heavy (non-hydrogen) atoms. The van der Waals surface area contributed by atoms with Crippen LogP contribution in [-0.2, 0) is 19.1 Å². The minimum absolute atomic E-state index is 0.239. The Morgan fingerprint density at radius 3 is 2.00 bits per heavy atom. The first-order valence-electron chi connectivity index (χ1n) is 10.3. The molecule has 2 amide bonds. The minimum Gasteiger partial charge on any atom is -0.484 e. The summed E-state index contributed by atoms with van der Waals surface area (Å²) in [7, 11) is 0. The summed E-state index contributed by atoms with van der Waals surface area (Å²) in [5.41, 5.74) is 0.523. The van der Waals surface area contributed by atoms with E-state index in [1.807, 2.05) is 36.4 Å². The van der Waals surface area contributed by atoms with Crippen LogP contribution in [0.15, 0.2) is 84.9 Å². The number of para-hydroxylation sites is 2. The van der Waals surface area contributed by atoms with Gasteiger partial charge in [-0.3, -0.25) is 14.4 Å². The highest BCUT2D eigenvalue weighted by atomic mass is 16.5. The fourth-order valence-corrected chi connectivity index (χ4v) is 2.65. The first-order valence-corrected chi connectivity index (χ1v) is 10.3. The molecule has 8 heteroatoms. The van der Waals surface area contributed by atoms with Gasteiger partial charge in [-0.15, -0.1) is 0 Å². The Kier molecular flexibility index (Phi) is 8.41. The number of hydrogen-bond acceptors (Lipinski definition) is 6. The number of carbonyl (C=O) groups is 3. The standard InChI is InChI=1S/C25H24N2O6/c1-18(32-24(29)16-26-23(28)17-31-20-8-4-2-5-9-20)25(30)27-19-12-14-22(15-13-19)33-21-10-6-3-7-11-21/h2-15,18H,16-17H2,1H3,(H,26,28)(H,27,30). The van der Waals surface area contributed by atoms with Gasteiger partial charge in [-0.1, -0.05) is 36.4 Å². The number of benzene rings is 3. The summed E-state index contributed by atoms with van der Waals surface area (Å²) in [5, 5.41) is 5.05. The maximum Gasteiger partial charge on any atom is 0.326 e. The molecule has 3 aromatic rings. The van der Waals surface area contributed by atoms with Crippen molar-refractivity contribution in [2.24, 2.45) is 0 Å². The lowest BCUT2D eigenvalue weighted by Gasteiger charge is -2.14. The van der Waals surface area contributed by atoms with E-state index in [2.05, 4.69) is 10.6 Å². The molecule has 0 heterocycles. The molecule has 0 aliphatic carbocycles. The fraction of sp³-hybridized carbons (Fsp3) is 0.160. The third kappa shape index (κ3) is 8.02. The lowest BCUT2D eigenvalue weighted by molar-refractivity contribution is -0.152. The molecule has 1 atom stereocenters. The summed E-state index contributed by atoms with van der Waals surface area (Å²) >= 11 is 0. The van der Waals surface area contributed by atoms with E-state index in [1.165, 1.54) is 6.92 Å². The van der Waals surface area contributed by atoms with Gasteiger partial charge in [0.05, 0.1) is 0 Å². The third-order valence-electron chi connectivity index (χ3n) is 4.32. The SMILES string of the molecule is CC(OC(=O)CNC(=O)COc1ccccc1)C(=O)Nc1ccc(Oc2ccccc2)cc1. The van der Waals surface area contributed by atoms with Gasteiger partial charge in [0.25, 0.3) is 11.8 Å². The zero-order valence-electron chi connectivity index (χ0n) is 18.0. The molecular formula is C25H24N2O6. The van der Waals surface area contributed by atoms with Crippen LogP contribution in [0.25, 0.3) is 0 Å². The first-order chi connectivity index (χ1) is 16.0. The second-order valence-electron chi connectivity index (χ2n) is 6.94. The van der Waals surface area contributed by atoms with Gasteiger partial charge in [0.1, 0.15) is 23.8 Å². The molecule has 0 radical (unpaired) electrons. The summed E-state index contributed by atoms with van der Waals surface area (Å²) in [6.07, 6.45) is -1.05. The average Bonchev–Trinajstić information content (AvgIpc) is 2.84. The van der Waals surface area contributed by atoms with E-state index in [1.54, 1.807) is 48.5 Å². The predicted molar refractivity (Wildman–Crippen MR) is 122 cm³/mol. The van der Waals surface area contributed by atoms with Crippen LogP contribution in [0.2, 0.25) is 0 Å². The van der Waals surface area contributed by atoms with E-state index in [9.17, 15) is 14.4 Å². The summed E-state index contributed by atoms with van der Waals surface area (Å²) < 4.78 is 16.1. The number of esters is 1. The Bertz CT molecular complexity index is 1060. The van der Waals surface area contributed by atoms with Crippen molar-refractivity contribution < 1.29 is 28.6 Å². The topological polar surface area (TPSA) is 103 Å². The Hall–Kier alpha value is -4.33. The van der Waals surface area contributed by atoms with E-state index in [4.69, 9.17) is 14.2 Å². The van der Waals surface area contributed by atoms with Crippen molar-refractivity contribution in [3.63, 3.8) is 0 Å². The Labute approximate surface area is 191 Å². The summed E-state index contributed by atoms with van der Waals surface area (Å²) in [5.74, 6) is 0.140. The van der Waals surface area contributed by atoms with E-state index in [0.29, 0.717) is 22.9 Å². The number of carbonyl (C=O) groups excluding carboxylic acids is 3. The highest BCUT2D eigenvalue weighted by Crippen LogP contribution is 2.22. The van der Waals surface area contributed by atoms with Gasteiger partial charge >= 0.3 is 5.97 Å². The first kappa shape index (κ1) is 23.3. The van der Waals surface area contributed by atoms with Crippen LogP contribution in [-0.4, -0.2) is 37.0 Å². The molecule has 1 unspecified atom stereocenters. The summed E-state index contributed by atoms with van der Waals surface area (Å²) in [4.78, 5) is 36.0. The number of nitrogens with one attached hydrogen (secondary N) is 2. The molecule has 3 aromatic carbocycles. The van der Waals surface area contributed by atoms with E-state index in [-0.39, 0.29) is 13.2 Å². The molecule has 0 aromatic heterocycles. The molecule has 0 aliphatic heterocycles. The van der Waals surface area contributed by atoms with Gasteiger partial charge in [0.15, 0.2) is 12.7 Å². The van der Waals surface area contributed by atoms with Gasteiger partial charge in [0, 0.05) is 5.69 Å². The molecule has 170 valence electrons. The van der Waals surface area contributed by atoms with Crippen molar-refractivity contribution in [2.45, 2.75) is 13.0 Å². The van der Waals surface area contributed by atoms with E-state index < -0.39 is 23.9 Å². The number of anilines is 1. The van der Waals surface area contributed by atoms with Crippen LogP contribution in [0.4, 0.5) is 5.69 Å². The molecular weight excluding hydrogens is 424 g/mol. The second kappa shape index (κ2) is 11.9. The lowest BCUT2D eigenvalue weighted by Crippen LogP contribution is -2.37. The maximum atomic E-state index is 12.3. The third-order valence-corrected chi connectivity index (χ3v) is 4.32. The number of hydrogen-bond donors (Lipinski definition) is 2. The van der Waals surface area contributed by atoms with E-state index >= 15 is 0 Å². The Morgan fingerprint density at radius 2 is 1.36 bits per heavy atom. The van der Waals surface area contributed by atoms with Crippen LogP contribution >= 0.6 is 0 Å². The lowest BCUT2D eigenvalue weighted by atomic mass is 10.2. The molecule has 2 N–H and O–H groups in total. The van der Waals surface area contributed by atoms with Crippen molar-refractivity contribution in [3.05, 3.63) is 84.9 Å². The van der Waals surface area contributed by atoms with Crippen molar-refractivity contribution in [2.75, 3.05) is 18.5 Å². The molecule has 0 saturated heterocycles. The second-order valence-corrected chi connectivity index (χ2v) is 6.94. The zero-order chi connectivity index (χ0) is 23.5. The van der Waals surface area contributed by atoms with Crippen LogP contribution in [0, 0.1) is 0 Å². The molecule has 0 fully saturated rings. The Morgan fingerprint density at radius 1 is 0.788 bits per heavy atom. The highest BCUT2D eigenvalue weighted by Gasteiger charge is 2.18. The fourth-order valence-electron chi connectivity index (χ4n) is 2.65. The van der Waals surface area contributed by atoms with Crippen LogP contribution < -0.4 is 20.1 Å². The maximum absolute atomic E-state index is 12.3. The largest absolute Gasteiger partial charge is 0.484 e. The highest BCUT2D eigenvalue weighted by molar-refractivity contribution is 5.95. The smallest absolute Gasteiger partial charge is 0.326 e.